The van der Waals surface area contributed by atoms with Gasteiger partial charge in [-0.3, -0.25) is 0 Å². The first-order chi connectivity index (χ1) is 14.8. The molecule has 0 spiro atoms. The van der Waals surface area contributed by atoms with Gasteiger partial charge >= 0.3 is 0 Å². The minimum absolute atomic E-state index is 0.772. The van der Waals surface area contributed by atoms with Gasteiger partial charge in [-0.25, -0.2) is 4.98 Å². The Hall–Kier alpha value is -2.75. The normalized spacial score (nSPS) is 10.8. The first-order valence-corrected chi connectivity index (χ1v) is 11.3. The number of imidazole rings is 1. The SMILES string of the molecule is CCCCCOc1ccc(-c2ccc(OCCCCCCn3ccnc3)cc2)cc1. The highest BCUT2D eigenvalue weighted by Gasteiger charge is 2.01. The number of hydrogen-bond donors (Lipinski definition) is 0. The Morgan fingerprint density at radius 1 is 0.700 bits per heavy atom. The summed E-state index contributed by atoms with van der Waals surface area (Å²) in [5.74, 6) is 1.88. The lowest BCUT2D eigenvalue weighted by Gasteiger charge is -2.09. The van der Waals surface area contributed by atoms with Gasteiger partial charge < -0.3 is 14.0 Å². The molecule has 0 saturated heterocycles. The maximum absolute atomic E-state index is 5.90. The van der Waals surface area contributed by atoms with Crippen LogP contribution in [0.1, 0.15) is 51.9 Å². The number of aromatic nitrogens is 2. The van der Waals surface area contributed by atoms with Crippen LogP contribution < -0.4 is 9.47 Å². The van der Waals surface area contributed by atoms with E-state index in [1.807, 2.05) is 18.7 Å². The van der Waals surface area contributed by atoms with Crippen molar-refractivity contribution in [1.82, 2.24) is 9.55 Å². The fourth-order valence-corrected chi connectivity index (χ4v) is 3.39. The maximum atomic E-state index is 5.90. The molecule has 4 heteroatoms. The minimum Gasteiger partial charge on any atom is -0.494 e. The highest BCUT2D eigenvalue weighted by molar-refractivity contribution is 5.64. The third-order valence-electron chi connectivity index (χ3n) is 5.20. The summed E-state index contributed by atoms with van der Waals surface area (Å²) >= 11 is 0. The van der Waals surface area contributed by atoms with E-state index in [1.54, 1.807) is 0 Å². The fourth-order valence-electron chi connectivity index (χ4n) is 3.39. The summed E-state index contributed by atoms with van der Waals surface area (Å²) in [6.07, 6.45) is 14.0. The standard InChI is InChI=1S/C26H34N2O2/c1-2-3-7-20-29-25-13-9-23(10-14-25)24-11-15-26(16-12-24)30-21-8-5-4-6-18-28-19-17-27-22-28/h9-17,19,22H,2-8,18,20-21H2,1H3. The number of benzene rings is 2. The molecule has 0 fully saturated rings. The lowest BCUT2D eigenvalue weighted by molar-refractivity contribution is 0.304. The highest BCUT2D eigenvalue weighted by Crippen LogP contribution is 2.25. The Labute approximate surface area is 180 Å². The van der Waals surface area contributed by atoms with Crippen molar-refractivity contribution in [2.45, 2.75) is 58.4 Å². The molecule has 1 heterocycles. The third-order valence-corrected chi connectivity index (χ3v) is 5.20. The molecule has 3 aromatic rings. The fraction of sp³-hybridized carbons (Fsp3) is 0.423. The summed E-state index contributed by atoms with van der Waals surface area (Å²) < 4.78 is 13.8. The molecular weight excluding hydrogens is 372 g/mol. The van der Waals surface area contributed by atoms with E-state index >= 15 is 0 Å². The summed E-state index contributed by atoms with van der Waals surface area (Å²) in [4.78, 5) is 4.07. The zero-order valence-corrected chi connectivity index (χ0v) is 18.1. The van der Waals surface area contributed by atoms with Gasteiger partial charge in [0.05, 0.1) is 19.5 Å². The molecule has 3 rings (SSSR count). The topological polar surface area (TPSA) is 36.3 Å². The van der Waals surface area contributed by atoms with Gasteiger partial charge in [-0.1, -0.05) is 56.9 Å². The van der Waals surface area contributed by atoms with E-state index in [4.69, 9.17) is 9.47 Å². The average molecular weight is 407 g/mol. The van der Waals surface area contributed by atoms with Crippen molar-refractivity contribution in [2.24, 2.45) is 0 Å². The predicted octanol–water partition coefficient (Wildman–Crippen LogP) is 6.76. The first-order valence-electron chi connectivity index (χ1n) is 11.3. The van der Waals surface area contributed by atoms with Crippen LogP contribution in [0, 0.1) is 0 Å². The zero-order valence-electron chi connectivity index (χ0n) is 18.1. The van der Waals surface area contributed by atoms with Crippen LogP contribution in [0.25, 0.3) is 11.1 Å². The molecule has 4 nitrogen and oxygen atoms in total. The van der Waals surface area contributed by atoms with Crippen LogP contribution >= 0.6 is 0 Å². The van der Waals surface area contributed by atoms with Crippen molar-refractivity contribution < 1.29 is 9.47 Å². The Kier molecular flexibility index (Phi) is 9.32. The molecule has 0 atom stereocenters. The second kappa shape index (κ2) is 12.7. The number of aryl methyl sites for hydroxylation is 1. The number of rotatable bonds is 14. The largest absolute Gasteiger partial charge is 0.494 e. The smallest absolute Gasteiger partial charge is 0.119 e. The average Bonchev–Trinajstić information content (AvgIpc) is 3.31. The van der Waals surface area contributed by atoms with Gasteiger partial charge in [0.2, 0.25) is 0 Å². The molecule has 0 unspecified atom stereocenters. The lowest BCUT2D eigenvalue weighted by Crippen LogP contribution is -1.98. The number of ether oxygens (including phenoxy) is 2. The van der Waals surface area contributed by atoms with Crippen molar-refractivity contribution in [2.75, 3.05) is 13.2 Å². The zero-order chi connectivity index (χ0) is 20.9. The number of nitrogens with zero attached hydrogens (tertiary/aromatic N) is 2. The van der Waals surface area contributed by atoms with E-state index in [2.05, 4.69) is 65.0 Å². The second-order valence-electron chi connectivity index (χ2n) is 7.67. The molecule has 2 aromatic carbocycles. The molecule has 0 saturated carbocycles. The maximum Gasteiger partial charge on any atom is 0.119 e. The van der Waals surface area contributed by atoms with Gasteiger partial charge in [0, 0.05) is 18.9 Å². The molecule has 0 aliphatic heterocycles. The number of hydrogen-bond acceptors (Lipinski definition) is 3. The molecule has 0 aliphatic carbocycles. The highest BCUT2D eigenvalue weighted by atomic mass is 16.5. The monoisotopic (exact) mass is 406 g/mol. The van der Waals surface area contributed by atoms with Crippen LogP contribution in [0.3, 0.4) is 0 Å². The Morgan fingerprint density at radius 2 is 1.27 bits per heavy atom. The van der Waals surface area contributed by atoms with Crippen molar-refractivity contribution in [1.29, 1.82) is 0 Å². The van der Waals surface area contributed by atoms with E-state index in [0.29, 0.717) is 0 Å². The van der Waals surface area contributed by atoms with Crippen LogP contribution in [-0.2, 0) is 6.54 Å². The summed E-state index contributed by atoms with van der Waals surface area (Å²) in [6, 6.07) is 16.7. The molecule has 0 aliphatic rings. The molecule has 30 heavy (non-hydrogen) atoms. The summed E-state index contributed by atoms with van der Waals surface area (Å²) in [6.45, 7) is 4.82. The van der Waals surface area contributed by atoms with Crippen LogP contribution in [0.2, 0.25) is 0 Å². The quantitative estimate of drug-likeness (QED) is 0.278. The van der Waals surface area contributed by atoms with Crippen molar-refractivity contribution in [3.8, 4) is 22.6 Å². The van der Waals surface area contributed by atoms with Crippen molar-refractivity contribution >= 4 is 0 Å². The molecule has 0 amide bonds. The van der Waals surface area contributed by atoms with Crippen LogP contribution in [0.4, 0.5) is 0 Å². The summed E-state index contributed by atoms with van der Waals surface area (Å²) in [5.41, 5.74) is 2.39. The minimum atomic E-state index is 0.772. The van der Waals surface area contributed by atoms with Gasteiger partial charge in [-0.05, 0) is 54.7 Å². The number of unbranched alkanes of at least 4 members (excludes halogenated alkanes) is 5. The second-order valence-corrected chi connectivity index (χ2v) is 7.67. The lowest BCUT2D eigenvalue weighted by atomic mass is 10.1. The summed E-state index contributed by atoms with van der Waals surface area (Å²) in [5, 5.41) is 0. The van der Waals surface area contributed by atoms with Gasteiger partial charge in [-0.15, -0.1) is 0 Å². The van der Waals surface area contributed by atoms with Crippen molar-refractivity contribution in [3.63, 3.8) is 0 Å². The predicted molar refractivity (Wildman–Crippen MR) is 123 cm³/mol. The molecule has 1 aromatic heterocycles. The van der Waals surface area contributed by atoms with Crippen molar-refractivity contribution in [3.05, 3.63) is 67.3 Å². The van der Waals surface area contributed by atoms with Gasteiger partial charge in [-0.2, -0.15) is 0 Å². The van der Waals surface area contributed by atoms with Crippen LogP contribution in [-0.4, -0.2) is 22.8 Å². The van der Waals surface area contributed by atoms with Gasteiger partial charge in [0.1, 0.15) is 11.5 Å². The van der Waals surface area contributed by atoms with Gasteiger partial charge in [0.25, 0.3) is 0 Å². The van der Waals surface area contributed by atoms with Crippen LogP contribution in [0.5, 0.6) is 11.5 Å². The molecule has 0 bridgehead atoms. The Bertz CT molecular complexity index is 811. The summed E-state index contributed by atoms with van der Waals surface area (Å²) in [7, 11) is 0. The molecular formula is C26H34N2O2. The van der Waals surface area contributed by atoms with E-state index in [1.165, 1.54) is 43.2 Å². The van der Waals surface area contributed by atoms with E-state index < -0.39 is 0 Å². The van der Waals surface area contributed by atoms with E-state index in [9.17, 15) is 0 Å². The van der Waals surface area contributed by atoms with Gasteiger partial charge in [0.15, 0.2) is 0 Å². The van der Waals surface area contributed by atoms with E-state index in [0.717, 1.165) is 44.1 Å². The third kappa shape index (κ3) is 7.58. The van der Waals surface area contributed by atoms with Crippen LogP contribution in [0.15, 0.2) is 67.3 Å². The van der Waals surface area contributed by atoms with E-state index in [-0.39, 0.29) is 0 Å². The Balaban J connectivity index is 1.33. The molecule has 160 valence electrons. The molecule has 0 radical (unpaired) electrons. The molecule has 0 N–H and O–H groups in total. The first kappa shape index (κ1) is 21.9. The Morgan fingerprint density at radius 3 is 1.80 bits per heavy atom.